The second-order valence-electron chi connectivity index (χ2n) is 6.42. The number of thioether (sulfide) groups is 1. The second kappa shape index (κ2) is 9.60. The normalized spacial score (nSPS) is 12.0. The molecule has 0 fully saturated rings. The quantitative estimate of drug-likeness (QED) is 0.441. The molecule has 1 atom stereocenters. The van der Waals surface area contributed by atoms with Crippen LogP contribution in [-0.2, 0) is 11.3 Å². The van der Waals surface area contributed by atoms with Crippen molar-refractivity contribution < 1.29 is 9.53 Å². The summed E-state index contributed by atoms with van der Waals surface area (Å²) in [5, 5.41) is 3.72. The molecule has 6 nitrogen and oxygen atoms in total. The van der Waals surface area contributed by atoms with E-state index in [9.17, 15) is 9.59 Å². The summed E-state index contributed by atoms with van der Waals surface area (Å²) in [5.74, 6) is 0.644. The highest BCUT2D eigenvalue weighted by Gasteiger charge is 2.21. The Hall–Kier alpha value is -2.80. The van der Waals surface area contributed by atoms with Crippen LogP contribution in [0.25, 0.3) is 10.9 Å². The van der Waals surface area contributed by atoms with E-state index in [4.69, 9.17) is 4.74 Å². The van der Waals surface area contributed by atoms with E-state index in [-0.39, 0.29) is 16.7 Å². The van der Waals surface area contributed by atoms with Gasteiger partial charge in [0, 0.05) is 12.2 Å². The number of para-hydroxylation sites is 1. The van der Waals surface area contributed by atoms with Crippen LogP contribution in [0.5, 0.6) is 5.75 Å². The number of nitrogens with one attached hydrogen (secondary N) is 1. The molecule has 0 aliphatic carbocycles. The summed E-state index contributed by atoms with van der Waals surface area (Å²) in [5.41, 5.74) is 1.27. The van der Waals surface area contributed by atoms with Gasteiger partial charge in [0.05, 0.1) is 22.8 Å². The van der Waals surface area contributed by atoms with Gasteiger partial charge in [0.1, 0.15) is 5.75 Å². The van der Waals surface area contributed by atoms with Gasteiger partial charge in [0.2, 0.25) is 5.91 Å². The number of hydrogen-bond acceptors (Lipinski definition) is 5. The smallest absolute Gasteiger partial charge is 0.262 e. The first-order valence-electron chi connectivity index (χ1n) is 9.77. The topological polar surface area (TPSA) is 73.2 Å². The molecule has 1 heterocycles. The zero-order chi connectivity index (χ0) is 20.8. The van der Waals surface area contributed by atoms with Gasteiger partial charge in [-0.15, -0.1) is 0 Å². The fourth-order valence-electron chi connectivity index (χ4n) is 2.99. The fraction of sp³-hybridized carbons (Fsp3) is 0.318. The SMILES string of the molecule is CCOc1ccc(NC(=O)C(CC)Sc2nc3ccccc3c(=O)n2CC)cc1. The van der Waals surface area contributed by atoms with E-state index in [1.165, 1.54) is 11.8 Å². The highest BCUT2D eigenvalue weighted by molar-refractivity contribution is 8.00. The third-order valence-electron chi connectivity index (χ3n) is 4.49. The molecule has 0 spiro atoms. The Bertz CT molecular complexity index is 1050. The fourth-order valence-corrected chi connectivity index (χ4v) is 4.07. The molecule has 3 rings (SSSR count). The number of aromatic nitrogens is 2. The van der Waals surface area contributed by atoms with Crippen LogP contribution in [-0.4, -0.2) is 27.3 Å². The number of amides is 1. The molecule has 152 valence electrons. The Morgan fingerprint density at radius 1 is 1.14 bits per heavy atom. The van der Waals surface area contributed by atoms with Gasteiger partial charge in [-0.2, -0.15) is 0 Å². The monoisotopic (exact) mass is 411 g/mol. The Labute approximate surface area is 174 Å². The molecule has 1 N–H and O–H groups in total. The molecule has 29 heavy (non-hydrogen) atoms. The number of anilines is 1. The van der Waals surface area contributed by atoms with Gasteiger partial charge in [0.25, 0.3) is 5.56 Å². The summed E-state index contributed by atoms with van der Waals surface area (Å²) in [6.07, 6.45) is 0.611. The number of benzene rings is 2. The Morgan fingerprint density at radius 3 is 2.52 bits per heavy atom. The molecular weight excluding hydrogens is 386 g/mol. The van der Waals surface area contributed by atoms with E-state index < -0.39 is 0 Å². The molecule has 0 saturated carbocycles. The minimum atomic E-state index is -0.368. The average Bonchev–Trinajstić information content (AvgIpc) is 2.73. The third-order valence-corrected chi connectivity index (χ3v) is 5.84. The van der Waals surface area contributed by atoms with Crippen LogP contribution >= 0.6 is 11.8 Å². The maximum atomic E-state index is 12.8. The lowest BCUT2D eigenvalue weighted by molar-refractivity contribution is -0.115. The predicted molar refractivity (Wildman–Crippen MR) is 118 cm³/mol. The number of hydrogen-bond donors (Lipinski definition) is 1. The lowest BCUT2D eigenvalue weighted by atomic mass is 10.2. The van der Waals surface area contributed by atoms with Crippen LogP contribution in [0.4, 0.5) is 5.69 Å². The van der Waals surface area contributed by atoms with Gasteiger partial charge in [-0.05, 0) is 56.7 Å². The predicted octanol–water partition coefficient (Wildman–Crippen LogP) is 4.32. The highest BCUT2D eigenvalue weighted by atomic mass is 32.2. The molecule has 1 unspecified atom stereocenters. The number of carbonyl (C=O) groups excluding carboxylic acids is 1. The lowest BCUT2D eigenvalue weighted by Crippen LogP contribution is -2.28. The van der Waals surface area contributed by atoms with E-state index >= 15 is 0 Å². The minimum Gasteiger partial charge on any atom is -0.494 e. The van der Waals surface area contributed by atoms with Crippen molar-refractivity contribution in [1.29, 1.82) is 0 Å². The van der Waals surface area contributed by atoms with Gasteiger partial charge in [-0.1, -0.05) is 30.8 Å². The zero-order valence-corrected chi connectivity index (χ0v) is 17.7. The van der Waals surface area contributed by atoms with Gasteiger partial charge in [-0.3, -0.25) is 14.2 Å². The summed E-state index contributed by atoms with van der Waals surface area (Å²) in [6.45, 7) is 6.87. The number of rotatable bonds is 8. The Kier molecular flexibility index (Phi) is 6.93. The van der Waals surface area contributed by atoms with Crippen molar-refractivity contribution in [2.24, 2.45) is 0 Å². The second-order valence-corrected chi connectivity index (χ2v) is 7.59. The molecule has 7 heteroatoms. The van der Waals surface area contributed by atoms with Crippen molar-refractivity contribution in [2.75, 3.05) is 11.9 Å². The summed E-state index contributed by atoms with van der Waals surface area (Å²) >= 11 is 1.32. The number of carbonyl (C=O) groups is 1. The molecule has 0 saturated heterocycles. The molecule has 3 aromatic rings. The summed E-state index contributed by atoms with van der Waals surface area (Å²) < 4.78 is 7.05. The van der Waals surface area contributed by atoms with Crippen LogP contribution in [0.2, 0.25) is 0 Å². The molecule has 0 bridgehead atoms. The van der Waals surface area contributed by atoms with Crippen LogP contribution in [0.15, 0.2) is 58.5 Å². The summed E-state index contributed by atoms with van der Waals surface area (Å²) in [7, 11) is 0. The van der Waals surface area contributed by atoms with Crippen molar-refractivity contribution in [1.82, 2.24) is 9.55 Å². The first-order chi connectivity index (χ1) is 14.1. The van der Waals surface area contributed by atoms with Crippen LogP contribution in [0, 0.1) is 0 Å². The average molecular weight is 412 g/mol. The van der Waals surface area contributed by atoms with E-state index in [0.29, 0.717) is 41.3 Å². The number of nitrogens with zero attached hydrogens (tertiary/aromatic N) is 2. The van der Waals surface area contributed by atoms with Crippen LogP contribution in [0.1, 0.15) is 27.2 Å². The van der Waals surface area contributed by atoms with E-state index in [1.807, 2.05) is 63.2 Å². The number of fused-ring (bicyclic) bond motifs is 1. The Morgan fingerprint density at radius 2 is 1.86 bits per heavy atom. The maximum absolute atomic E-state index is 12.8. The van der Waals surface area contributed by atoms with Crippen molar-refractivity contribution in [2.45, 2.75) is 44.1 Å². The van der Waals surface area contributed by atoms with E-state index in [2.05, 4.69) is 10.3 Å². The van der Waals surface area contributed by atoms with Crippen molar-refractivity contribution in [3.63, 3.8) is 0 Å². The van der Waals surface area contributed by atoms with Crippen molar-refractivity contribution in [3.05, 3.63) is 58.9 Å². The van der Waals surface area contributed by atoms with Gasteiger partial charge in [0.15, 0.2) is 5.16 Å². The largest absolute Gasteiger partial charge is 0.494 e. The van der Waals surface area contributed by atoms with Gasteiger partial charge < -0.3 is 10.1 Å². The summed E-state index contributed by atoms with van der Waals surface area (Å²) in [6, 6.07) is 14.6. The molecular formula is C22H25N3O3S. The molecule has 1 aromatic heterocycles. The van der Waals surface area contributed by atoms with Gasteiger partial charge >= 0.3 is 0 Å². The first kappa shape index (κ1) is 20.9. The molecule has 2 aromatic carbocycles. The first-order valence-corrected chi connectivity index (χ1v) is 10.6. The molecule has 1 amide bonds. The summed E-state index contributed by atoms with van der Waals surface area (Å²) in [4.78, 5) is 30.3. The van der Waals surface area contributed by atoms with Crippen LogP contribution in [0.3, 0.4) is 0 Å². The van der Waals surface area contributed by atoms with Gasteiger partial charge in [-0.25, -0.2) is 4.98 Å². The minimum absolute atomic E-state index is 0.0811. The van der Waals surface area contributed by atoms with Crippen molar-refractivity contribution in [3.8, 4) is 5.75 Å². The molecule has 0 aliphatic heterocycles. The zero-order valence-electron chi connectivity index (χ0n) is 16.8. The van der Waals surface area contributed by atoms with E-state index in [0.717, 1.165) is 5.75 Å². The Balaban J connectivity index is 1.81. The van der Waals surface area contributed by atoms with Crippen LogP contribution < -0.4 is 15.6 Å². The third kappa shape index (κ3) is 4.79. The lowest BCUT2D eigenvalue weighted by Gasteiger charge is -2.17. The highest BCUT2D eigenvalue weighted by Crippen LogP contribution is 2.26. The maximum Gasteiger partial charge on any atom is 0.262 e. The molecule has 0 aliphatic rings. The molecule has 0 radical (unpaired) electrons. The van der Waals surface area contributed by atoms with Crippen molar-refractivity contribution >= 4 is 34.3 Å². The standard InChI is InChI=1S/C22H25N3O3S/c1-4-19(20(26)23-15-11-13-16(14-12-15)28-6-3)29-22-24-18-10-8-7-9-17(18)21(27)25(22)5-2/h7-14,19H,4-6H2,1-3H3,(H,23,26). The number of ether oxygens (including phenoxy) is 1. The van der Waals surface area contributed by atoms with E-state index in [1.54, 1.807) is 10.6 Å².